The summed E-state index contributed by atoms with van der Waals surface area (Å²) in [4.78, 5) is 10.6. The van der Waals surface area contributed by atoms with Gasteiger partial charge in [-0.3, -0.25) is 4.79 Å². The van der Waals surface area contributed by atoms with Crippen molar-refractivity contribution in [2.45, 2.75) is 19.0 Å². The van der Waals surface area contributed by atoms with E-state index in [1.807, 2.05) is 0 Å². The van der Waals surface area contributed by atoms with Crippen LogP contribution in [-0.4, -0.2) is 16.9 Å². The van der Waals surface area contributed by atoms with Gasteiger partial charge in [0, 0.05) is 6.42 Å². The summed E-state index contributed by atoms with van der Waals surface area (Å²) in [7, 11) is 0. The largest absolute Gasteiger partial charge is 0.395 e. The van der Waals surface area contributed by atoms with Gasteiger partial charge in [-0.05, 0) is 6.42 Å². The molecule has 1 atom stereocenters. The van der Waals surface area contributed by atoms with Crippen LogP contribution >= 0.6 is 12.2 Å². The minimum Gasteiger partial charge on any atom is -0.365 e. The van der Waals surface area contributed by atoms with E-state index in [4.69, 9.17) is 5.73 Å². The average Bonchev–Trinajstić information content (AvgIpc) is 2.16. The lowest BCUT2D eigenvalue weighted by Crippen LogP contribution is -2.25. The minimum atomic E-state index is -4.26. The van der Waals surface area contributed by atoms with Crippen LogP contribution in [0.5, 0.6) is 0 Å². The van der Waals surface area contributed by atoms with Crippen molar-refractivity contribution in [3.63, 3.8) is 0 Å². The Balaban J connectivity index is 2.66. The maximum atomic E-state index is 12.4. The molecule has 0 aromatic heterocycles. The molecule has 0 heterocycles. The number of rotatable bonds is 3. The lowest BCUT2D eigenvalue weighted by molar-refractivity contribution is -0.160. The topological polar surface area (TPSA) is 43.1 Å². The van der Waals surface area contributed by atoms with Crippen molar-refractivity contribution in [1.29, 1.82) is 0 Å². The number of hydrogen-bond acceptors (Lipinski definition) is 2. The van der Waals surface area contributed by atoms with E-state index in [0.29, 0.717) is 5.57 Å². The summed E-state index contributed by atoms with van der Waals surface area (Å²) in [6, 6.07) is 0. The molecule has 2 nitrogen and oxygen atoms in total. The van der Waals surface area contributed by atoms with Crippen LogP contribution in [0.25, 0.3) is 0 Å². The van der Waals surface area contributed by atoms with Crippen molar-refractivity contribution in [1.82, 2.24) is 0 Å². The zero-order chi connectivity index (χ0) is 12.3. The number of amides is 1. The van der Waals surface area contributed by atoms with Gasteiger partial charge in [0.05, 0.1) is 10.8 Å². The Labute approximate surface area is 96.0 Å². The molecule has 2 N–H and O–H groups in total. The first-order valence-corrected chi connectivity index (χ1v) is 4.97. The maximum absolute atomic E-state index is 12.4. The molecule has 0 radical (unpaired) electrons. The summed E-state index contributed by atoms with van der Waals surface area (Å²) in [5.74, 6) is -2.25. The number of alkyl halides is 3. The van der Waals surface area contributed by atoms with Crippen molar-refractivity contribution in [2.75, 3.05) is 0 Å². The standard InChI is InChI=1S/C10H10F3NOS/c11-10(12,13)7-3-1-2-6(4-7)5-8(16)9(14)15/h1-3,7H,4-5H2,(H2,14,15). The monoisotopic (exact) mass is 249 g/mol. The summed E-state index contributed by atoms with van der Waals surface area (Å²) < 4.78 is 37.2. The predicted molar refractivity (Wildman–Crippen MR) is 57.8 cm³/mol. The molecular weight excluding hydrogens is 239 g/mol. The molecule has 88 valence electrons. The second-order valence-corrected chi connectivity index (χ2v) is 4.02. The molecule has 1 amide bonds. The lowest BCUT2D eigenvalue weighted by atomic mass is 9.91. The van der Waals surface area contributed by atoms with Gasteiger partial charge in [-0.1, -0.05) is 36.0 Å². The molecule has 0 bridgehead atoms. The molecule has 1 aliphatic rings. The first-order valence-electron chi connectivity index (χ1n) is 4.56. The van der Waals surface area contributed by atoms with Crippen LogP contribution in [-0.2, 0) is 4.79 Å². The van der Waals surface area contributed by atoms with E-state index in [0.717, 1.165) is 6.08 Å². The van der Waals surface area contributed by atoms with E-state index < -0.39 is 18.0 Å². The van der Waals surface area contributed by atoms with E-state index in [1.165, 1.54) is 12.2 Å². The molecule has 0 fully saturated rings. The summed E-state index contributed by atoms with van der Waals surface area (Å²) in [6.45, 7) is 0. The zero-order valence-electron chi connectivity index (χ0n) is 8.25. The Morgan fingerprint density at radius 2 is 2.19 bits per heavy atom. The second kappa shape index (κ2) is 4.78. The van der Waals surface area contributed by atoms with Gasteiger partial charge in [0.1, 0.15) is 0 Å². The molecule has 0 aromatic carbocycles. The minimum absolute atomic E-state index is 0.0294. The molecule has 0 saturated carbocycles. The van der Waals surface area contributed by atoms with Gasteiger partial charge in [0.15, 0.2) is 0 Å². The first-order chi connectivity index (χ1) is 7.30. The first kappa shape index (κ1) is 12.9. The van der Waals surface area contributed by atoms with Gasteiger partial charge >= 0.3 is 6.18 Å². The van der Waals surface area contributed by atoms with Crippen molar-refractivity contribution < 1.29 is 18.0 Å². The number of hydrogen-bond donors (Lipinski definition) is 1. The Bertz CT molecular complexity index is 371. The fourth-order valence-corrected chi connectivity index (χ4v) is 1.58. The lowest BCUT2D eigenvalue weighted by Gasteiger charge is -2.20. The van der Waals surface area contributed by atoms with Crippen LogP contribution in [0.1, 0.15) is 12.8 Å². The highest BCUT2D eigenvalue weighted by atomic mass is 32.1. The van der Waals surface area contributed by atoms with Crippen LogP contribution in [0.15, 0.2) is 23.8 Å². The number of carbonyl (C=O) groups excluding carboxylic acids is 1. The molecule has 0 spiro atoms. The molecule has 1 rings (SSSR count). The van der Waals surface area contributed by atoms with Crippen molar-refractivity contribution in [3.8, 4) is 0 Å². The van der Waals surface area contributed by atoms with Crippen LogP contribution in [0, 0.1) is 5.92 Å². The highest BCUT2D eigenvalue weighted by Crippen LogP contribution is 2.35. The molecule has 0 aliphatic heterocycles. The summed E-state index contributed by atoms with van der Waals surface area (Å²) >= 11 is 4.67. The predicted octanol–water partition coefficient (Wildman–Crippen LogP) is 2.30. The fourth-order valence-electron chi connectivity index (χ4n) is 1.39. The molecule has 0 saturated heterocycles. The number of nitrogens with two attached hydrogens (primary N) is 1. The van der Waals surface area contributed by atoms with Gasteiger partial charge < -0.3 is 5.73 Å². The normalized spacial score (nSPS) is 20.4. The Kier molecular flexibility index (Phi) is 3.85. The molecule has 0 aromatic rings. The molecule has 1 aliphatic carbocycles. The van der Waals surface area contributed by atoms with Gasteiger partial charge in [-0.2, -0.15) is 13.2 Å². The molecule has 6 heteroatoms. The summed E-state index contributed by atoms with van der Waals surface area (Å²) in [5.41, 5.74) is 5.41. The number of primary amides is 1. The molecule has 16 heavy (non-hydrogen) atoms. The van der Waals surface area contributed by atoms with Crippen LogP contribution in [0.4, 0.5) is 13.2 Å². The third-order valence-corrected chi connectivity index (χ3v) is 2.59. The smallest absolute Gasteiger partial charge is 0.365 e. The van der Waals surface area contributed by atoms with Crippen LogP contribution in [0.2, 0.25) is 0 Å². The Morgan fingerprint density at radius 1 is 1.56 bits per heavy atom. The van der Waals surface area contributed by atoms with Crippen LogP contribution < -0.4 is 5.73 Å². The Hall–Kier alpha value is -1.17. The van der Waals surface area contributed by atoms with Gasteiger partial charge in [-0.15, -0.1) is 0 Å². The summed E-state index contributed by atoms with van der Waals surface area (Å²) in [6.07, 6.45) is -0.422. The van der Waals surface area contributed by atoms with Gasteiger partial charge in [0.25, 0.3) is 5.91 Å². The quantitative estimate of drug-likeness (QED) is 0.780. The number of allylic oxidation sites excluding steroid dienone is 4. The zero-order valence-corrected chi connectivity index (χ0v) is 9.07. The third kappa shape index (κ3) is 3.44. The SMILES string of the molecule is NC(=O)C(=S)CC1=CC=CC(C(F)(F)F)C1. The number of carbonyl (C=O) groups is 1. The fraction of sp³-hybridized carbons (Fsp3) is 0.400. The number of halogens is 3. The van der Waals surface area contributed by atoms with E-state index in [-0.39, 0.29) is 17.7 Å². The van der Waals surface area contributed by atoms with Crippen molar-refractivity contribution in [2.24, 2.45) is 11.7 Å². The average molecular weight is 249 g/mol. The van der Waals surface area contributed by atoms with E-state index >= 15 is 0 Å². The van der Waals surface area contributed by atoms with Crippen molar-refractivity contribution >= 4 is 23.0 Å². The van der Waals surface area contributed by atoms with Gasteiger partial charge in [-0.25, -0.2) is 0 Å². The van der Waals surface area contributed by atoms with E-state index in [2.05, 4.69) is 12.2 Å². The molecular formula is C10H10F3NOS. The second-order valence-electron chi connectivity index (χ2n) is 3.53. The highest BCUT2D eigenvalue weighted by Gasteiger charge is 2.38. The van der Waals surface area contributed by atoms with Gasteiger partial charge in [0.2, 0.25) is 0 Å². The summed E-state index contributed by atoms with van der Waals surface area (Å²) in [5, 5.41) is 0. The van der Waals surface area contributed by atoms with E-state index in [9.17, 15) is 18.0 Å². The third-order valence-electron chi connectivity index (χ3n) is 2.24. The molecule has 1 unspecified atom stereocenters. The van der Waals surface area contributed by atoms with E-state index in [1.54, 1.807) is 0 Å². The highest BCUT2D eigenvalue weighted by molar-refractivity contribution is 7.82. The van der Waals surface area contributed by atoms with Crippen molar-refractivity contribution in [3.05, 3.63) is 23.8 Å². The van der Waals surface area contributed by atoms with Crippen LogP contribution in [0.3, 0.4) is 0 Å². The maximum Gasteiger partial charge on any atom is 0.395 e. The Morgan fingerprint density at radius 3 is 2.69 bits per heavy atom. The number of thiocarbonyl (C=S) groups is 1.